The zero-order valence-electron chi connectivity index (χ0n) is 10.2. The predicted octanol–water partition coefficient (Wildman–Crippen LogP) is 4.66. The fourth-order valence-electron chi connectivity index (χ4n) is 1.74. The summed E-state index contributed by atoms with van der Waals surface area (Å²) in [5, 5.41) is -2.39. The number of halogens is 8. The Morgan fingerprint density at radius 2 is 0.773 bits per heavy atom. The summed E-state index contributed by atoms with van der Waals surface area (Å²) in [6, 6.07) is 0. The lowest BCUT2D eigenvalue weighted by Gasteiger charge is -2.14. The molecule has 2 aromatic carbocycles. The van der Waals surface area contributed by atoms with Crippen molar-refractivity contribution in [3.8, 4) is 11.1 Å². The Morgan fingerprint density at radius 1 is 0.500 bits per heavy atom. The maximum absolute atomic E-state index is 13.9. The van der Waals surface area contributed by atoms with Crippen LogP contribution in [-0.4, -0.2) is 0 Å². The number of nitrogen functional groups attached to an aromatic ring is 2. The molecule has 0 aliphatic rings. The highest BCUT2D eigenvalue weighted by Gasteiger charge is 2.31. The van der Waals surface area contributed by atoms with Gasteiger partial charge < -0.3 is 11.5 Å². The van der Waals surface area contributed by atoms with E-state index in [2.05, 4.69) is 0 Å². The number of nitrogens with two attached hydrogens (primary N) is 2. The van der Waals surface area contributed by atoms with E-state index in [0.717, 1.165) is 0 Å². The Kier molecular flexibility index (Phi) is 4.09. The highest BCUT2D eigenvalue weighted by Crippen LogP contribution is 2.44. The molecular formula is C12H4Cl2F6N2. The smallest absolute Gasteiger partial charge is 0.185 e. The number of rotatable bonds is 1. The van der Waals surface area contributed by atoms with Crippen LogP contribution in [0.4, 0.5) is 37.7 Å². The van der Waals surface area contributed by atoms with Crippen LogP contribution in [0, 0.1) is 34.9 Å². The molecule has 0 radical (unpaired) electrons. The van der Waals surface area contributed by atoms with Crippen LogP contribution in [0.15, 0.2) is 0 Å². The van der Waals surface area contributed by atoms with Gasteiger partial charge in [0, 0.05) is 11.1 Å². The van der Waals surface area contributed by atoms with Crippen molar-refractivity contribution < 1.29 is 26.3 Å². The third-order valence-electron chi connectivity index (χ3n) is 2.84. The Morgan fingerprint density at radius 3 is 1.05 bits per heavy atom. The summed E-state index contributed by atoms with van der Waals surface area (Å²) in [4.78, 5) is 0. The molecule has 0 aromatic heterocycles. The lowest BCUT2D eigenvalue weighted by molar-refractivity contribution is 0.492. The second-order valence-electron chi connectivity index (χ2n) is 4.09. The molecule has 0 saturated carbocycles. The number of anilines is 2. The predicted molar refractivity (Wildman–Crippen MR) is 70.5 cm³/mol. The third-order valence-corrected chi connectivity index (χ3v) is 3.55. The zero-order chi connectivity index (χ0) is 16.9. The van der Waals surface area contributed by atoms with Crippen LogP contribution in [0.1, 0.15) is 0 Å². The van der Waals surface area contributed by atoms with Crippen molar-refractivity contribution in [2.45, 2.75) is 0 Å². The van der Waals surface area contributed by atoms with Gasteiger partial charge in [-0.05, 0) is 0 Å². The minimum atomic E-state index is -1.92. The first-order valence-electron chi connectivity index (χ1n) is 5.34. The maximum atomic E-state index is 13.9. The van der Waals surface area contributed by atoms with Crippen LogP contribution >= 0.6 is 23.2 Å². The van der Waals surface area contributed by atoms with Crippen LogP contribution in [0.2, 0.25) is 10.0 Å². The van der Waals surface area contributed by atoms with E-state index in [0.29, 0.717) is 0 Å². The van der Waals surface area contributed by atoms with E-state index < -0.39 is 67.5 Å². The average molecular weight is 361 g/mol. The molecule has 0 heterocycles. The SMILES string of the molecule is Nc1c(F)c(F)c(-c2c(F)c(F)c(N)c(F)c2Cl)c(Cl)c1F. The van der Waals surface area contributed by atoms with E-state index in [1.807, 2.05) is 0 Å². The molecule has 0 aliphatic carbocycles. The molecule has 2 nitrogen and oxygen atoms in total. The molecule has 4 N–H and O–H groups in total. The molecule has 0 amide bonds. The van der Waals surface area contributed by atoms with Gasteiger partial charge in [0.05, 0.1) is 10.0 Å². The van der Waals surface area contributed by atoms with Gasteiger partial charge >= 0.3 is 0 Å². The first-order valence-corrected chi connectivity index (χ1v) is 6.10. The molecule has 0 bridgehead atoms. The van der Waals surface area contributed by atoms with Gasteiger partial charge in [0.2, 0.25) is 0 Å². The second kappa shape index (κ2) is 5.44. The van der Waals surface area contributed by atoms with Crippen molar-refractivity contribution >= 4 is 34.6 Å². The summed E-state index contributed by atoms with van der Waals surface area (Å²) < 4.78 is 82.0. The fraction of sp³-hybridized carbons (Fsp3) is 0. The second-order valence-corrected chi connectivity index (χ2v) is 4.85. The van der Waals surface area contributed by atoms with E-state index in [9.17, 15) is 26.3 Å². The van der Waals surface area contributed by atoms with Crippen molar-refractivity contribution in [2.24, 2.45) is 0 Å². The molecule has 2 aromatic rings. The van der Waals surface area contributed by atoms with Gasteiger partial charge in [-0.3, -0.25) is 0 Å². The van der Waals surface area contributed by atoms with Crippen molar-refractivity contribution in [3.05, 3.63) is 44.9 Å². The summed E-state index contributed by atoms with van der Waals surface area (Å²) in [6.45, 7) is 0. The molecule has 2 rings (SSSR count). The lowest BCUT2D eigenvalue weighted by atomic mass is 10.0. The number of benzene rings is 2. The van der Waals surface area contributed by atoms with Crippen molar-refractivity contribution in [2.75, 3.05) is 11.5 Å². The van der Waals surface area contributed by atoms with Crippen molar-refractivity contribution in [1.29, 1.82) is 0 Å². The average Bonchev–Trinajstić information content (AvgIpc) is 2.50. The summed E-state index contributed by atoms with van der Waals surface area (Å²) in [5.74, 6) is -10.9. The molecule has 0 aliphatic heterocycles. The van der Waals surface area contributed by atoms with E-state index in [1.54, 1.807) is 0 Å². The first kappa shape index (κ1) is 16.6. The Labute approximate surface area is 129 Å². The molecule has 0 unspecified atom stereocenters. The van der Waals surface area contributed by atoms with Gasteiger partial charge in [-0.1, -0.05) is 23.2 Å². The normalized spacial score (nSPS) is 11.1. The van der Waals surface area contributed by atoms with E-state index in [-0.39, 0.29) is 0 Å². The van der Waals surface area contributed by atoms with Crippen LogP contribution in [0.25, 0.3) is 11.1 Å². The van der Waals surface area contributed by atoms with Crippen LogP contribution in [0.3, 0.4) is 0 Å². The van der Waals surface area contributed by atoms with Crippen LogP contribution in [-0.2, 0) is 0 Å². The molecule has 10 heteroatoms. The maximum Gasteiger partial charge on any atom is 0.185 e. The van der Waals surface area contributed by atoms with E-state index in [1.165, 1.54) is 0 Å². The van der Waals surface area contributed by atoms with E-state index >= 15 is 0 Å². The summed E-state index contributed by atoms with van der Waals surface area (Å²) in [7, 11) is 0. The van der Waals surface area contributed by atoms with Gasteiger partial charge in [0.15, 0.2) is 34.9 Å². The van der Waals surface area contributed by atoms with Crippen LogP contribution in [0.5, 0.6) is 0 Å². The molecule has 0 spiro atoms. The van der Waals surface area contributed by atoms with Gasteiger partial charge in [-0.15, -0.1) is 0 Å². The molecule has 0 fully saturated rings. The Balaban J connectivity index is 3.03. The van der Waals surface area contributed by atoms with Gasteiger partial charge in [-0.25, -0.2) is 26.3 Å². The highest BCUT2D eigenvalue weighted by atomic mass is 35.5. The molecule has 118 valence electrons. The largest absolute Gasteiger partial charge is 0.394 e. The molecule has 22 heavy (non-hydrogen) atoms. The Bertz CT molecular complexity index is 684. The topological polar surface area (TPSA) is 52.0 Å². The molecular weight excluding hydrogens is 357 g/mol. The Hall–Kier alpha value is -1.80. The van der Waals surface area contributed by atoms with Crippen molar-refractivity contribution in [1.82, 2.24) is 0 Å². The lowest BCUT2D eigenvalue weighted by Crippen LogP contribution is -2.07. The summed E-state index contributed by atoms with van der Waals surface area (Å²) in [5.41, 5.74) is 4.66. The molecule has 0 saturated heterocycles. The summed E-state index contributed by atoms with van der Waals surface area (Å²) >= 11 is 10.9. The van der Waals surface area contributed by atoms with Crippen molar-refractivity contribution in [3.63, 3.8) is 0 Å². The minimum absolute atomic E-state index is 1.19. The highest BCUT2D eigenvalue weighted by molar-refractivity contribution is 6.37. The minimum Gasteiger partial charge on any atom is -0.394 e. The fourth-order valence-corrected chi connectivity index (χ4v) is 2.29. The van der Waals surface area contributed by atoms with E-state index in [4.69, 9.17) is 34.7 Å². The number of hydrogen-bond donors (Lipinski definition) is 2. The number of hydrogen-bond acceptors (Lipinski definition) is 2. The van der Waals surface area contributed by atoms with Gasteiger partial charge in [0.1, 0.15) is 11.4 Å². The van der Waals surface area contributed by atoms with Crippen LogP contribution < -0.4 is 11.5 Å². The zero-order valence-corrected chi connectivity index (χ0v) is 11.7. The standard InChI is InChI=1S/C12H4Cl2F6N2/c13-3-1(5(15)9(19)11(21)7(3)17)2-4(14)8(18)12(22)10(20)6(2)16/h21-22H2. The first-order chi connectivity index (χ1) is 10.1. The third kappa shape index (κ3) is 2.14. The van der Waals surface area contributed by atoms with Gasteiger partial charge in [-0.2, -0.15) is 0 Å². The van der Waals surface area contributed by atoms with Gasteiger partial charge in [0.25, 0.3) is 0 Å². The monoisotopic (exact) mass is 360 g/mol. The summed E-state index contributed by atoms with van der Waals surface area (Å²) in [6.07, 6.45) is 0. The quantitative estimate of drug-likeness (QED) is 0.441. The molecule has 0 atom stereocenters.